The lowest BCUT2D eigenvalue weighted by molar-refractivity contribution is 0.287. The van der Waals surface area contributed by atoms with Crippen molar-refractivity contribution < 1.29 is 4.74 Å². The van der Waals surface area contributed by atoms with Crippen LogP contribution in [0.3, 0.4) is 0 Å². The Morgan fingerprint density at radius 1 is 0.939 bits per heavy atom. The molecule has 7 nitrogen and oxygen atoms in total. The summed E-state index contributed by atoms with van der Waals surface area (Å²) in [5, 5.41) is 4.38. The molecule has 5 rings (SSSR count). The van der Waals surface area contributed by atoms with Gasteiger partial charge in [-0.25, -0.2) is 9.97 Å². The van der Waals surface area contributed by atoms with Crippen LogP contribution >= 0.6 is 0 Å². The Bertz CT molecular complexity index is 1330. The van der Waals surface area contributed by atoms with Crippen molar-refractivity contribution in [2.24, 2.45) is 5.73 Å². The monoisotopic (exact) mass is 436 g/mol. The van der Waals surface area contributed by atoms with Gasteiger partial charge >= 0.3 is 0 Å². The molecule has 0 unspecified atom stereocenters. The Morgan fingerprint density at radius 3 is 2.61 bits per heavy atom. The quantitative estimate of drug-likeness (QED) is 0.326. The van der Waals surface area contributed by atoms with Crippen molar-refractivity contribution in [2.45, 2.75) is 12.5 Å². The highest BCUT2D eigenvalue weighted by Gasteiger charge is 2.10. The first-order valence-corrected chi connectivity index (χ1v) is 10.8. The first-order valence-electron chi connectivity index (χ1n) is 10.8. The summed E-state index contributed by atoms with van der Waals surface area (Å²) in [6.07, 6.45) is 9.69. The van der Waals surface area contributed by atoms with E-state index < -0.39 is 0 Å². The van der Waals surface area contributed by atoms with Crippen LogP contribution in [0.15, 0.2) is 91.6 Å². The average molecular weight is 437 g/mol. The van der Waals surface area contributed by atoms with E-state index in [0.29, 0.717) is 18.3 Å². The Balaban J connectivity index is 1.21. The molecule has 0 saturated carbocycles. The van der Waals surface area contributed by atoms with Crippen LogP contribution in [0.5, 0.6) is 5.75 Å². The lowest BCUT2D eigenvalue weighted by atomic mass is 10.1. The van der Waals surface area contributed by atoms with E-state index in [0.717, 1.165) is 28.8 Å². The molecule has 7 heteroatoms. The number of benzene rings is 2. The normalized spacial score (nSPS) is 11.9. The van der Waals surface area contributed by atoms with E-state index in [4.69, 9.17) is 10.5 Å². The standard InChI is InChI=1S/C26H24N6O/c27-21(12-20-15-31-25-5-2-1-4-24(20)25)17-33-23-13-19(14-28-16-23)18-6-8-22(9-7-18)32-26-29-10-3-11-30-26/h1-11,13-16,21,31H,12,17,27H2,(H,29,30,32)/t21-/m1/s1. The molecule has 0 amide bonds. The number of nitrogens with two attached hydrogens (primary N) is 1. The number of rotatable bonds is 8. The number of para-hydroxylation sites is 1. The summed E-state index contributed by atoms with van der Waals surface area (Å²) in [7, 11) is 0. The van der Waals surface area contributed by atoms with Gasteiger partial charge in [0.25, 0.3) is 0 Å². The summed E-state index contributed by atoms with van der Waals surface area (Å²) in [4.78, 5) is 16.0. The van der Waals surface area contributed by atoms with Gasteiger partial charge in [-0.3, -0.25) is 4.98 Å². The second-order valence-corrected chi connectivity index (χ2v) is 7.82. The minimum absolute atomic E-state index is 0.126. The molecule has 0 fully saturated rings. The molecule has 4 N–H and O–H groups in total. The zero-order valence-electron chi connectivity index (χ0n) is 18.0. The number of hydrogen-bond donors (Lipinski definition) is 3. The van der Waals surface area contributed by atoms with Crippen LogP contribution in [0.2, 0.25) is 0 Å². The van der Waals surface area contributed by atoms with Crippen molar-refractivity contribution in [1.82, 2.24) is 19.9 Å². The number of H-pyrrole nitrogens is 1. The molecule has 3 heterocycles. The molecule has 0 saturated heterocycles. The van der Waals surface area contributed by atoms with Gasteiger partial charge < -0.3 is 20.8 Å². The van der Waals surface area contributed by atoms with Crippen LogP contribution in [0, 0.1) is 0 Å². The third kappa shape index (κ3) is 4.99. The Labute approximate surface area is 191 Å². The minimum Gasteiger partial charge on any atom is -0.490 e. The zero-order chi connectivity index (χ0) is 22.5. The van der Waals surface area contributed by atoms with Crippen LogP contribution in [-0.4, -0.2) is 32.6 Å². The molecule has 0 aliphatic rings. The number of pyridine rings is 1. The molecule has 164 valence electrons. The first-order chi connectivity index (χ1) is 16.2. The second kappa shape index (κ2) is 9.50. The van der Waals surface area contributed by atoms with E-state index in [1.54, 1.807) is 24.7 Å². The number of hydrogen-bond acceptors (Lipinski definition) is 6. The predicted octanol–water partition coefficient (Wildman–Crippen LogP) is 4.71. The Kier molecular flexibility index (Phi) is 5.95. The highest BCUT2D eigenvalue weighted by molar-refractivity contribution is 5.83. The number of anilines is 2. The molecule has 0 spiro atoms. The fraction of sp³-hybridized carbons (Fsp3) is 0.115. The molecular weight excluding hydrogens is 412 g/mol. The van der Waals surface area contributed by atoms with Crippen LogP contribution in [0.25, 0.3) is 22.0 Å². The maximum atomic E-state index is 6.36. The van der Waals surface area contributed by atoms with Crippen molar-refractivity contribution in [3.05, 3.63) is 97.2 Å². The summed E-state index contributed by atoms with van der Waals surface area (Å²) in [5.41, 5.74) is 11.6. The van der Waals surface area contributed by atoms with Crippen LogP contribution in [0.4, 0.5) is 11.6 Å². The molecular formula is C26H24N6O. The van der Waals surface area contributed by atoms with Gasteiger partial charge in [-0.05, 0) is 47.9 Å². The van der Waals surface area contributed by atoms with E-state index in [2.05, 4.69) is 37.4 Å². The number of aromatic nitrogens is 4. The van der Waals surface area contributed by atoms with E-state index in [9.17, 15) is 0 Å². The van der Waals surface area contributed by atoms with Crippen LogP contribution in [-0.2, 0) is 6.42 Å². The fourth-order valence-electron chi connectivity index (χ4n) is 3.74. The summed E-state index contributed by atoms with van der Waals surface area (Å²) in [6.45, 7) is 0.407. The van der Waals surface area contributed by atoms with Crippen LogP contribution in [0.1, 0.15) is 5.56 Å². The summed E-state index contributed by atoms with van der Waals surface area (Å²) in [5.74, 6) is 1.26. The van der Waals surface area contributed by atoms with Crippen molar-refractivity contribution in [2.75, 3.05) is 11.9 Å². The lowest BCUT2D eigenvalue weighted by Gasteiger charge is -2.13. The number of aromatic amines is 1. The maximum absolute atomic E-state index is 6.36. The second-order valence-electron chi connectivity index (χ2n) is 7.82. The smallest absolute Gasteiger partial charge is 0.227 e. The zero-order valence-corrected chi connectivity index (χ0v) is 18.0. The van der Waals surface area contributed by atoms with E-state index in [1.165, 1.54) is 10.9 Å². The third-order valence-electron chi connectivity index (χ3n) is 5.37. The molecule has 0 aliphatic heterocycles. The van der Waals surface area contributed by atoms with Gasteiger partial charge in [0, 0.05) is 53.0 Å². The van der Waals surface area contributed by atoms with E-state index in [-0.39, 0.29) is 6.04 Å². The third-order valence-corrected chi connectivity index (χ3v) is 5.37. The van der Waals surface area contributed by atoms with Crippen molar-refractivity contribution in [1.29, 1.82) is 0 Å². The molecule has 0 radical (unpaired) electrons. The predicted molar refractivity (Wildman–Crippen MR) is 130 cm³/mol. The number of nitrogens with zero attached hydrogens (tertiary/aromatic N) is 3. The summed E-state index contributed by atoms with van der Waals surface area (Å²) in [6, 6.07) is 19.9. The first kappa shape index (κ1) is 20.7. The number of ether oxygens (including phenoxy) is 1. The highest BCUT2D eigenvalue weighted by Crippen LogP contribution is 2.25. The van der Waals surface area contributed by atoms with Gasteiger partial charge in [-0.15, -0.1) is 0 Å². The van der Waals surface area contributed by atoms with Gasteiger partial charge in [0.1, 0.15) is 12.4 Å². The Morgan fingerprint density at radius 2 is 1.76 bits per heavy atom. The fourth-order valence-corrected chi connectivity index (χ4v) is 3.74. The molecule has 0 bridgehead atoms. The largest absolute Gasteiger partial charge is 0.490 e. The van der Waals surface area contributed by atoms with Crippen molar-refractivity contribution >= 4 is 22.5 Å². The highest BCUT2D eigenvalue weighted by atomic mass is 16.5. The van der Waals surface area contributed by atoms with Gasteiger partial charge in [-0.2, -0.15) is 0 Å². The number of nitrogens with one attached hydrogen (secondary N) is 2. The van der Waals surface area contributed by atoms with Gasteiger partial charge in [0.05, 0.1) is 6.20 Å². The minimum atomic E-state index is -0.126. The molecule has 1 atom stereocenters. The van der Waals surface area contributed by atoms with Gasteiger partial charge in [0.2, 0.25) is 5.95 Å². The summed E-state index contributed by atoms with van der Waals surface area (Å²) < 4.78 is 5.97. The SMILES string of the molecule is N[C@@H](COc1cncc(-c2ccc(Nc3ncccn3)cc2)c1)Cc1c[nH]c2ccccc12. The van der Waals surface area contributed by atoms with Crippen LogP contribution < -0.4 is 15.8 Å². The van der Waals surface area contributed by atoms with Crippen molar-refractivity contribution in [3.63, 3.8) is 0 Å². The molecule has 0 aliphatic carbocycles. The van der Waals surface area contributed by atoms with E-state index in [1.807, 2.05) is 54.9 Å². The van der Waals surface area contributed by atoms with E-state index >= 15 is 0 Å². The average Bonchev–Trinajstić information content (AvgIpc) is 3.27. The number of fused-ring (bicyclic) bond motifs is 1. The van der Waals surface area contributed by atoms with Crippen molar-refractivity contribution in [3.8, 4) is 16.9 Å². The molecule has 33 heavy (non-hydrogen) atoms. The lowest BCUT2D eigenvalue weighted by Crippen LogP contribution is -2.30. The molecule has 5 aromatic rings. The van der Waals surface area contributed by atoms with Gasteiger partial charge in [-0.1, -0.05) is 30.3 Å². The molecule has 3 aromatic heterocycles. The summed E-state index contributed by atoms with van der Waals surface area (Å²) >= 11 is 0. The van der Waals surface area contributed by atoms with Gasteiger partial charge in [0.15, 0.2) is 0 Å². The maximum Gasteiger partial charge on any atom is 0.227 e. The molecule has 2 aromatic carbocycles. The Hall–Kier alpha value is -4.23. The topological polar surface area (TPSA) is 102 Å².